The van der Waals surface area contributed by atoms with Crippen LogP contribution >= 0.6 is 23.2 Å². The zero-order chi connectivity index (χ0) is 17.8. The molecule has 0 N–H and O–H groups in total. The molecule has 0 atom stereocenters. The van der Waals surface area contributed by atoms with Crippen LogP contribution in [0.1, 0.15) is 28.7 Å². The number of aryl methyl sites for hydroxylation is 1. The number of halogens is 2. The molecule has 7 heteroatoms. The summed E-state index contributed by atoms with van der Waals surface area (Å²) in [7, 11) is 0. The van der Waals surface area contributed by atoms with Gasteiger partial charge in [-0.25, -0.2) is 4.79 Å². The number of ether oxygens (including phenoxy) is 1. The Balaban J connectivity index is 1.66. The van der Waals surface area contributed by atoms with Gasteiger partial charge in [-0.2, -0.15) is 4.98 Å². The first kappa shape index (κ1) is 17.5. The van der Waals surface area contributed by atoms with Gasteiger partial charge in [-0.1, -0.05) is 59.5 Å². The van der Waals surface area contributed by atoms with Crippen molar-refractivity contribution in [1.29, 1.82) is 0 Å². The summed E-state index contributed by atoms with van der Waals surface area (Å²) in [6.45, 7) is 1.95. The average molecular weight is 377 g/mol. The van der Waals surface area contributed by atoms with E-state index in [1.54, 1.807) is 6.07 Å². The van der Waals surface area contributed by atoms with Crippen LogP contribution in [0.4, 0.5) is 0 Å². The Labute approximate surface area is 154 Å². The summed E-state index contributed by atoms with van der Waals surface area (Å²) in [5, 5.41) is 4.56. The third-order valence-electron chi connectivity index (χ3n) is 3.57. The summed E-state index contributed by atoms with van der Waals surface area (Å²) >= 11 is 11.8. The zero-order valence-electron chi connectivity index (χ0n) is 13.3. The highest BCUT2D eigenvalue weighted by Crippen LogP contribution is 2.22. The lowest BCUT2D eigenvalue weighted by Gasteiger charge is -2.04. The topological polar surface area (TPSA) is 65.2 Å². The van der Waals surface area contributed by atoms with Gasteiger partial charge in [0, 0.05) is 10.6 Å². The third-order valence-corrected chi connectivity index (χ3v) is 4.11. The molecule has 3 rings (SSSR count). The van der Waals surface area contributed by atoms with E-state index in [-0.39, 0.29) is 23.1 Å². The maximum Gasteiger partial charge on any atom is 0.340 e. The molecule has 2 aromatic carbocycles. The van der Waals surface area contributed by atoms with Crippen LogP contribution in [0.3, 0.4) is 0 Å². The summed E-state index contributed by atoms with van der Waals surface area (Å²) in [5.41, 5.74) is 2.28. The van der Waals surface area contributed by atoms with E-state index in [0.29, 0.717) is 10.8 Å². The highest BCUT2D eigenvalue weighted by Gasteiger charge is 2.15. The lowest BCUT2D eigenvalue weighted by molar-refractivity contribution is 0.0430. The molecule has 3 aromatic rings. The molecule has 0 saturated heterocycles. The first-order valence-corrected chi connectivity index (χ1v) is 8.36. The molecule has 5 nitrogen and oxygen atoms in total. The van der Waals surface area contributed by atoms with Crippen molar-refractivity contribution in [2.75, 3.05) is 0 Å². The summed E-state index contributed by atoms with van der Waals surface area (Å²) in [6, 6.07) is 12.4. The highest BCUT2D eigenvalue weighted by molar-refractivity contribution is 6.36. The molecule has 0 aliphatic heterocycles. The van der Waals surface area contributed by atoms with Crippen LogP contribution < -0.4 is 0 Å². The average Bonchev–Trinajstić information content (AvgIpc) is 3.09. The van der Waals surface area contributed by atoms with E-state index in [9.17, 15) is 4.79 Å². The zero-order valence-corrected chi connectivity index (χ0v) is 14.8. The lowest BCUT2D eigenvalue weighted by atomic mass is 10.1. The Kier molecular flexibility index (Phi) is 5.36. The number of benzene rings is 2. The first-order valence-electron chi connectivity index (χ1n) is 7.61. The molecule has 0 fully saturated rings. The van der Waals surface area contributed by atoms with E-state index < -0.39 is 5.97 Å². The fraction of sp³-hybridized carbons (Fsp3) is 0.167. The van der Waals surface area contributed by atoms with Gasteiger partial charge in [0.2, 0.25) is 5.82 Å². The van der Waals surface area contributed by atoms with E-state index in [2.05, 4.69) is 17.1 Å². The number of nitrogens with zero attached hydrogens (tertiary/aromatic N) is 2. The molecule has 0 spiro atoms. The quantitative estimate of drug-likeness (QED) is 0.588. The number of aromatic nitrogens is 2. The molecule has 0 aliphatic carbocycles. The predicted octanol–water partition coefficient (Wildman–Crippen LogP) is 4.96. The van der Waals surface area contributed by atoms with Crippen molar-refractivity contribution >= 4 is 29.2 Å². The third kappa shape index (κ3) is 4.18. The smallest absolute Gasteiger partial charge is 0.340 e. The lowest BCUT2D eigenvalue weighted by Crippen LogP contribution is -2.06. The molecular weight excluding hydrogens is 363 g/mol. The number of hydrogen-bond donors (Lipinski definition) is 0. The maximum atomic E-state index is 12.1. The number of carbonyl (C=O) groups is 1. The van der Waals surface area contributed by atoms with Gasteiger partial charge in [0.25, 0.3) is 5.89 Å². The molecule has 1 aromatic heterocycles. The fourth-order valence-corrected chi connectivity index (χ4v) is 2.67. The number of hydrogen-bond acceptors (Lipinski definition) is 5. The minimum Gasteiger partial charge on any atom is -0.452 e. The van der Waals surface area contributed by atoms with E-state index in [0.717, 1.165) is 12.0 Å². The Morgan fingerprint density at radius 2 is 1.92 bits per heavy atom. The van der Waals surface area contributed by atoms with Crippen LogP contribution in [0.25, 0.3) is 11.4 Å². The van der Waals surface area contributed by atoms with Crippen molar-refractivity contribution in [2.24, 2.45) is 0 Å². The van der Waals surface area contributed by atoms with Crippen molar-refractivity contribution in [1.82, 2.24) is 10.1 Å². The Morgan fingerprint density at radius 1 is 1.16 bits per heavy atom. The van der Waals surface area contributed by atoms with Gasteiger partial charge in [0.15, 0.2) is 6.61 Å². The SMILES string of the molecule is CCc1ccc(-c2noc(COC(=O)c3ccc(Cl)cc3Cl)n2)cc1. The molecule has 0 aliphatic rings. The molecule has 0 radical (unpaired) electrons. The standard InChI is InChI=1S/C18H14Cl2N2O3/c1-2-11-3-5-12(6-4-11)17-21-16(25-22-17)10-24-18(23)14-8-7-13(19)9-15(14)20/h3-9H,2,10H2,1H3. The highest BCUT2D eigenvalue weighted by atomic mass is 35.5. The van der Waals surface area contributed by atoms with Gasteiger partial charge in [0.1, 0.15) is 0 Å². The van der Waals surface area contributed by atoms with Crippen molar-refractivity contribution in [2.45, 2.75) is 20.0 Å². The minimum atomic E-state index is -0.589. The molecule has 25 heavy (non-hydrogen) atoms. The van der Waals surface area contributed by atoms with Crippen LogP contribution in [-0.4, -0.2) is 16.1 Å². The second-order valence-electron chi connectivity index (χ2n) is 5.26. The van der Waals surface area contributed by atoms with Crippen molar-refractivity contribution in [3.63, 3.8) is 0 Å². The fourth-order valence-electron chi connectivity index (χ4n) is 2.18. The molecule has 0 amide bonds. The van der Waals surface area contributed by atoms with Gasteiger partial charge in [0.05, 0.1) is 10.6 Å². The number of rotatable bonds is 5. The van der Waals surface area contributed by atoms with E-state index >= 15 is 0 Å². The van der Waals surface area contributed by atoms with Crippen LogP contribution in [-0.2, 0) is 17.8 Å². The molecule has 1 heterocycles. The van der Waals surface area contributed by atoms with Crippen LogP contribution in [0, 0.1) is 0 Å². The monoisotopic (exact) mass is 376 g/mol. The van der Waals surface area contributed by atoms with E-state index in [1.165, 1.54) is 17.7 Å². The largest absolute Gasteiger partial charge is 0.452 e. The Hall–Kier alpha value is -2.37. The van der Waals surface area contributed by atoms with Gasteiger partial charge in [-0.3, -0.25) is 0 Å². The van der Waals surface area contributed by atoms with Crippen LogP contribution in [0.2, 0.25) is 10.0 Å². The van der Waals surface area contributed by atoms with Gasteiger partial charge in [-0.15, -0.1) is 0 Å². The minimum absolute atomic E-state index is 0.141. The Bertz CT molecular complexity index is 892. The molecule has 0 unspecified atom stereocenters. The molecule has 0 bridgehead atoms. The first-order chi connectivity index (χ1) is 12.1. The van der Waals surface area contributed by atoms with Crippen molar-refractivity contribution < 1.29 is 14.1 Å². The normalized spacial score (nSPS) is 10.7. The second kappa shape index (κ2) is 7.68. The molecular formula is C18H14Cl2N2O3. The number of esters is 1. The second-order valence-corrected chi connectivity index (χ2v) is 6.11. The van der Waals surface area contributed by atoms with Crippen molar-refractivity contribution in [3.8, 4) is 11.4 Å². The Morgan fingerprint density at radius 3 is 2.60 bits per heavy atom. The van der Waals surface area contributed by atoms with Crippen molar-refractivity contribution in [3.05, 3.63) is 69.5 Å². The number of carbonyl (C=O) groups excluding carboxylic acids is 1. The van der Waals surface area contributed by atoms with Gasteiger partial charge < -0.3 is 9.26 Å². The summed E-state index contributed by atoms with van der Waals surface area (Å²) in [4.78, 5) is 16.3. The van der Waals surface area contributed by atoms with E-state index in [1.807, 2.05) is 24.3 Å². The molecule has 128 valence electrons. The summed E-state index contributed by atoms with van der Waals surface area (Å²) in [6.07, 6.45) is 0.959. The van der Waals surface area contributed by atoms with Gasteiger partial charge >= 0.3 is 5.97 Å². The summed E-state index contributed by atoms with van der Waals surface area (Å²) in [5.74, 6) is 0.0555. The predicted molar refractivity (Wildman–Crippen MR) is 94.7 cm³/mol. The summed E-state index contributed by atoms with van der Waals surface area (Å²) < 4.78 is 10.3. The van der Waals surface area contributed by atoms with Crippen LogP contribution in [0.5, 0.6) is 0 Å². The van der Waals surface area contributed by atoms with Gasteiger partial charge in [-0.05, 0) is 30.2 Å². The molecule has 0 saturated carbocycles. The van der Waals surface area contributed by atoms with E-state index in [4.69, 9.17) is 32.5 Å². The maximum absolute atomic E-state index is 12.1. The van der Waals surface area contributed by atoms with Crippen LogP contribution in [0.15, 0.2) is 47.0 Å².